The van der Waals surface area contributed by atoms with E-state index in [-0.39, 0.29) is 36.2 Å². The molecule has 0 saturated carbocycles. The molecular weight excluding hydrogens is 654 g/mol. The lowest BCUT2D eigenvalue weighted by molar-refractivity contribution is -0.887. The van der Waals surface area contributed by atoms with Crippen molar-refractivity contribution in [3.63, 3.8) is 0 Å². The van der Waals surface area contributed by atoms with E-state index in [2.05, 4.69) is 56.4 Å². The molecule has 0 aromatic rings. The maximum Gasteiger partial charge on any atom is 0.362 e. The zero-order valence-electron chi connectivity index (χ0n) is 33.2. The number of likely N-dealkylation sites (N-methyl/N-ethyl adjacent to an activating group) is 1. The van der Waals surface area contributed by atoms with E-state index in [0.717, 1.165) is 89.9 Å². The topological polar surface area (TPSA) is 99.1 Å². The van der Waals surface area contributed by atoms with Crippen molar-refractivity contribution in [1.29, 1.82) is 0 Å². The van der Waals surface area contributed by atoms with E-state index in [0.29, 0.717) is 19.3 Å². The molecule has 0 aromatic carbocycles. The maximum atomic E-state index is 12.7. The van der Waals surface area contributed by atoms with E-state index in [1.807, 2.05) is 63.7 Å². The fourth-order valence-corrected chi connectivity index (χ4v) is 5.16. The molecule has 294 valence electrons. The summed E-state index contributed by atoms with van der Waals surface area (Å²) in [7, 11) is 5.49. The normalized spacial score (nSPS) is 13.9. The van der Waals surface area contributed by atoms with Crippen LogP contribution >= 0.6 is 0 Å². The number of ether oxygens (including phenoxy) is 3. The molecule has 0 amide bonds. The Bertz CT molecular complexity index is 1120. The van der Waals surface area contributed by atoms with Gasteiger partial charge in [-0.15, -0.1) is 0 Å². The second-order valence-corrected chi connectivity index (χ2v) is 13.9. The Morgan fingerprint density at radius 3 is 1.50 bits per heavy atom. The molecule has 0 aromatic heterocycles. The lowest BCUT2D eigenvalue weighted by atomic mass is 10.1. The molecule has 0 radical (unpaired) electrons. The number of allylic oxidation sites excluding steroid dienone is 14. The van der Waals surface area contributed by atoms with Gasteiger partial charge in [0.05, 0.1) is 34.4 Å². The van der Waals surface area contributed by atoms with Gasteiger partial charge in [0.1, 0.15) is 6.61 Å². The molecule has 8 nitrogen and oxygen atoms in total. The molecule has 0 fully saturated rings. The molecule has 1 N–H and O–H groups in total. The fraction of sp³-hybridized carbons (Fsp3) is 0.614. The van der Waals surface area contributed by atoms with E-state index in [1.165, 1.54) is 0 Å². The number of hydrogen-bond acceptors (Lipinski definition) is 6. The van der Waals surface area contributed by atoms with E-state index in [1.54, 1.807) is 0 Å². The van der Waals surface area contributed by atoms with E-state index in [4.69, 9.17) is 14.2 Å². The fourth-order valence-electron chi connectivity index (χ4n) is 5.16. The van der Waals surface area contributed by atoms with Crippen molar-refractivity contribution in [2.75, 3.05) is 41.0 Å². The molecule has 0 aliphatic heterocycles. The molecule has 2 unspecified atom stereocenters. The SMILES string of the molecule is CC/C=C/C=C/C=C/C=C/CCCCCCCC(=O)OCC(COCCC(C(=O)O)[N+](C)(C)C)OC(=O)CCCCCCC/C=C/C=C/C=C/CC. The lowest BCUT2D eigenvalue weighted by Gasteiger charge is -2.31. The van der Waals surface area contributed by atoms with Gasteiger partial charge in [0.15, 0.2) is 12.1 Å². The summed E-state index contributed by atoms with van der Waals surface area (Å²) in [6.45, 7) is 4.38. The molecular formula is C44H72NO7+. The minimum atomic E-state index is -0.888. The first-order valence-electron chi connectivity index (χ1n) is 19.7. The third kappa shape index (κ3) is 32.4. The number of esters is 2. The van der Waals surface area contributed by atoms with Crippen molar-refractivity contribution in [2.45, 2.75) is 135 Å². The Morgan fingerprint density at radius 2 is 1.02 bits per heavy atom. The molecule has 2 atom stereocenters. The van der Waals surface area contributed by atoms with Crippen molar-refractivity contribution in [2.24, 2.45) is 0 Å². The standard InChI is InChI=1S/C44H71NO7/c1-6-8-10-12-14-16-18-20-21-23-24-26-28-30-32-34-42(46)51-39-40(38-50-37-36-41(44(48)49)45(3,4)5)52-43(47)35-33-31-29-27-25-22-19-17-15-13-11-9-7-2/h8-21,40-41H,6-7,22-39H2,1-5H3/p+1/b10-8+,11-9+,14-12+,15-13+,18-16+,19-17+,21-20+. The number of carboxylic acid groups (broad SMARTS) is 1. The van der Waals surface area contributed by atoms with Gasteiger partial charge in [-0.3, -0.25) is 9.59 Å². The second-order valence-electron chi connectivity index (χ2n) is 13.9. The number of carbonyl (C=O) groups excluding carboxylic acids is 2. The average Bonchev–Trinajstić information content (AvgIpc) is 3.09. The van der Waals surface area contributed by atoms with Crippen LogP contribution in [0.1, 0.15) is 123 Å². The first kappa shape index (κ1) is 48.5. The summed E-state index contributed by atoms with van der Waals surface area (Å²) in [6.07, 6.45) is 43.4. The number of quaternary nitrogens is 1. The largest absolute Gasteiger partial charge is 0.477 e. The average molecular weight is 727 g/mol. The third-order valence-electron chi connectivity index (χ3n) is 8.20. The van der Waals surface area contributed by atoms with Crippen molar-refractivity contribution < 1.29 is 38.2 Å². The lowest BCUT2D eigenvalue weighted by Crippen LogP contribution is -2.50. The van der Waals surface area contributed by atoms with E-state index in [9.17, 15) is 19.5 Å². The molecule has 0 bridgehead atoms. The van der Waals surface area contributed by atoms with Crippen LogP contribution in [0, 0.1) is 0 Å². The molecule has 0 aliphatic rings. The van der Waals surface area contributed by atoms with Gasteiger partial charge in [0.25, 0.3) is 0 Å². The monoisotopic (exact) mass is 727 g/mol. The highest BCUT2D eigenvalue weighted by atomic mass is 16.6. The van der Waals surface area contributed by atoms with Crippen molar-refractivity contribution >= 4 is 17.9 Å². The summed E-state index contributed by atoms with van der Waals surface area (Å²) in [5.41, 5.74) is 0. The van der Waals surface area contributed by atoms with E-state index >= 15 is 0 Å². The van der Waals surface area contributed by atoms with Gasteiger partial charge in [-0.05, 0) is 51.4 Å². The Hall–Kier alpha value is -3.49. The molecule has 0 heterocycles. The number of hydrogen-bond donors (Lipinski definition) is 1. The van der Waals surface area contributed by atoms with Gasteiger partial charge >= 0.3 is 17.9 Å². The van der Waals surface area contributed by atoms with Crippen molar-refractivity contribution in [3.8, 4) is 0 Å². The maximum absolute atomic E-state index is 12.7. The molecule has 0 saturated heterocycles. The van der Waals surface area contributed by atoms with Crippen LogP contribution < -0.4 is 0 Å². The third-order valence-corrected chi connectivity index (χ3v) is 8.20. The highest BCUT2D eigenvalue weighted by Gasteiger charge is 2.31. The van der Waals surface area contributed by atoms with Crippen molar-refractivity contribution in [1.82, 2.24) is 0 Å². The summed E-state index contributed by atoms with van der Waals surface area (Å²) < 4.78 is 17.2. The second kappa shape index (κ2) is 34.6. The van der Waals surface area contributed by atoms with Crippen LogP contribution in [-0.2, 0) is 28.6 Å². The van der Waals surface area contributed by atoms with Crippen LogP contribution in [0.15, 0.2) is 85.1 Å². The van der Waals surface area contributed by atoms with Crippen LogP contribution in [-0.4, -0.2) is 80.6 Å². The summed E-state index contributed by atoms with van der Waals surface area (Å²) in [6, 6.07) is -0.626. The molecule has 0 rings (SSSR count). The Labute approximate surface area is 316 Å². The van der Waals surface area contributed by atoms with Gasteiger partial charge in [0, 0.05) is 19.3 Å². The smallest absolute Gasteiger partial charge is 0.362 e. The Balaban J connectivity index is 4.50. The zero-order valence-corrected chi connectivity index (χ0v) is 33.2. The van der Waals surface area contributed by atoms with Crippen LogP contribution in [0.4, 0.5) is 0 Å². The number of carbonyl (C=O) groups is 3. The summed E-state index contributed by atoms with van der Waals surface area (Å²) >= 11 is 0. The number of nitrogens with zero attached hydrogens (tertiary/aromatic N) is 1. The van der Waals surface area contributed by atoms with Crippen LogP contribution in [0.3, 0.4) is 0 Å². The first-order valence-corrected chi connectivity index (χ1v) is 19.7. The minimum absolute atomic E-state index is 0.0390. The minimum Gasteiger partial charge on any atom is -0.477 e. The highest BCUT2D eigenvalue weighted by molar-refractivity contribution is 5.72. The quantitative estimate of drug-likeness (QED) is 0.0311. The van der Waals surface area contributed by atoms with Crippen LogP contribution in [0.2, 0.25) is 0 Å². The highest BCUT2D eigenvalue weighted by Crippen LogP contribution is 2.12. The van der Waals surface area contributed by atoms with Crippen molar-refractivity contribution in [3.05, 3.63) is 85.1 Å². The molecule has 0 aliphatic carbocycles. The Morgan fingerprint density at radius 1 is 0.577 bits per heavy atom. The zero-order chi connectivity index (χ0) is 38.5. The van der Waals surface area contributed by atoms with Gasteiger partial charge < -0.3 is 23.8 Å². The van der Waals surface area contributed by atoms with Crippen LogP contribution in [0.5, 0.6) is 0 Å². The molecule has 8 heteroatoms. The number of unbranched alkanes of at least 4 members (excludes halogenated alkanes) is 10. The summed E-state index contributed by atoms with van der Waals surface area (Å²) in [5, 5.41) is 9.59. The summed E-state index contributed by atoms with van der Waals surface area (Å²) in [4.78, 5) is 36.8. The number of carboxylic acids is 1. The summed E-state index contributed by atoms with van der Waals surface area (Å²) in [5.74, 6) is -1.54. The molecule has 52 heavy (non-hydrogen) atoms. The predicted octanol–water partition coefficient (Wildman–Crippen LogP) is 10.2. The first-order chi connectivity index (χ1) is 25.1. The predicted molar refractivity (Wildman–Crippen MR) is 215 cm³/mol. The van der Waals surface area contributed by atoms with Gasteiger partial charge in [0.2, 0.25) is 0 Å². The van der Waals surface area contributed by atoms with Crippen LogP contribution in [0.25, 0.3) is 0 Å². The van der Waals surface area contributed by atoms with Gasteiger partial charge in [-0.2, -0.15) is 0 Å². The molecule has 0 spiro atoms. The number of rotatable bonds is 33. The number of aliphatic carboxylic acids is 1. The van der Waals surface area contributed by atoms with Gasteiger partial charge in [-0.1, -0.05) is 137 Å². The Kier molecular flexibility index (Phi) is 32.3. The van der Waals surface area contributed by atoms with Gasteiger partial charge in [-0.25, -0.2) is 4.79 Å². The van der Waals surface area contributed by atoms with E-state index < -0.39 is 18.1 Å².